The predicted octanol–water partition coefficient (Wildman–Crippen LogP) is -0.748. The molecule has 1 aliphatic rings. The van der Waals surface area contributed by atoms with Gasteiger partial charge in [0.1, 0.15) is 0 Å². The summed E-state index contributed by atoms with van der Waals surface area (Å²) >= 11 is 0. The molecule has 0 aliphatic carbocycles. The van der Waals surface area contributed by atoms with E-state index in [1.807, 2.05) is 24.3 Å². The molecule has 1 aromatic carbocycles. The van der Waals surface area contributed by atoms with Gasteiger partial charge in [0.25, 0.3) is 0 Å². The molecular formula is C13H18N2O3. The highest BCUT2D eigenvalue weighted by molar-refractivity contribution is 5.79. The van der Waals surface area contributed by atoms with Crippen LogP contribution in [0.5, 0.6) is 0 Å². The SMILES string of the molecule is NCc1ccc(CC(=O)N2C[C@@H](O)[C@@H](O)C2)cc1. The van der Waals surface area contributed by atoms with Crippen molar-refractivity contribution in [3.8, 4) is 0 Å². The van der Waals surface area contributed by atoms with Gasteiger partial charge >= 0.3 is 0 Å². The van der Waals surface area contributed by atoms with Crippen molar-refractivity contribution in [1.29, 1.82) is 0 Å². The molecule has 4 N–H and O–H groups in total. The number of hydrogen-bond acceptors (Lipinski definition) is 4. The molecule has 0 unspecified atom stereocenters. The van der Waals surface area contributed by atoms with E-state index < -0.39 is 12.2 Å². The molecule has 0 aromatic heterocycles. The second-order valence-corrected chi connectivity index (χ2v) is 4.63. The lowest BCUT2D eigenvalue weighted by molar-refractivity contribution is -0.129. The minimum Gasteiger partial charge on any atom is -0.388 e. The van der Waals surface area contributed by atoms with Crippen molar-refractivity contribution in [3.05, 3.63) is 35.4 Å². The average molecular weight is 250 g/mol. The maximum absolute atomic E-state index is 11.9. The minimum absolute atomic E-state index is 0.0777. The van der Waals surface area contributed by atoms with Crippen molar-refractivity contribution in [2.75, 3.05) is 13.1 Å². The number of hydrogen-bond donors (Lipinski definition) is 3. The third-order valence-corrected chi connectivity index (χ3v) is 3.23. The molecule has 0 spiro atoms. The second kappa shape index (κ2) is 5.48. The maximum Gasteiger partial charge on any atom is 0.227 e. The molecule has 1 saturated heterocycles. The zero-order valence-corrected chi connectivity index (χ0v) is 10.1. The van der Waals surface area contributed by atoms with Gasteiger partial charge in [0, 0.05) is 19.6 Å². The Labute approximate surface area is 106 Å². The fourth-order valence-electron chi connectivity index (χ4n) is 2.05. The van der Waals surface area contributed by atoms with Crippen molar-refractivity contribution in [1.82, 2.24) is 4.90 Å². The fraction of sp³-hybridized carbons (Fsp3) is 0.462. The summed E-state index contributed by atoms with van der Waals surface area (Å²) in [5.74, 6) is -0.0777. The Kier molecular flexibility index (Phi) is 3.96. The van der Waals surface area contributed by atoms with Crippen LogP contribution in [0, 0.1) is 0 Å². The van der Waals surface area contributed by atoms with Crippen LogP contribution in [0.1, 0.15) is 11.1 Å². The summed E-state index contributed by atoms with van der Waals surface area (Å²) < 4.78 is 0. The average Bonchev–Trinajstić information content (AvgIpc) is 2.71. The number of aliphatic hydroxyl groups excluding tert-OH is 2. The summed E-state index contributed by atoms with van der Waals surface area (Å²) in [6.07, 6.45) is -1.37. The van der Waals surface area contributed by atoms with E-state index >= 15 is 0 Å². The molecular weight excluding hydrogens is 232 g/mol. The Morgan fingerprint density at radius 2 is 1.67 bits per heavy atom. The Balaban J connectivity index is 1.94. The number of benzene rings is 1. The van der Waals surface area contributed by atoms with Gasteiger partial charge in [0.05, 0.1) is 18.6 Å². The topological polar surface area (TPSA) is 86.8 Å². The van der Waals surface area contributed by atoms with Crippen LogP contribution >= 0.6 is 0 Å². The Bertz CT molecular complexity index is 409. The first kappa shape index (κ1) is 13.0. The van der Waals surface area contributed by atoms with Crippen molar-refractivity contribution >= 4 is 5.91 Å². The number of likely N-dealkylation sites (tertiary alicyclic amines) is 1. The zero-order valence-electron chi connectivity index (χ0n) is 10.1. The highest BCUT2D eigenvalue weighted by Gasteiger charge is 2.32. The molecule has 1 aliphatic heterocycles. The lowest BCUT2D eigenvalue weighted by atomic mass is 10.1. The van der Waals surface area contributed by atoms with Gasteiger partial charge in [-0.2, -0.15) is 0 Å². The van der Waals surface area contributed by atoms with E-state index in [9.17, 15) is 15.0 Å². The molecule has 5 heteroatoms. The fourth-order valence-corrected chi connectivity index (χ4v) is 2.05. The van der Waals surface area contributed by atoms with Crippen LogP contribution in [-0.2, 0) is 17.8 Å². The number of carbonyl (C=O) groups is 1. The van der Waals surface area contributed by atoms with Crippen LogP contribution in [0.2, 0.25) is 0 Å². The monoisotopic (exact) mass is 250 g/mol. The predicted molar refractivity (Wildman–Crippen MR) is 66.6 cm³/mol. The van der Waals surface area contributed by atoms with Gasteiger partial charge in [0.2, 0.25) is 5.91 Å². The number of nitrogens with zero attached hydrogens (tertiary/aromatic N) is 1. The highest BCUT2D eigenvalue weighted by atomic mass is 16.3. The number of nitrogens with two attached hydrogens (primary N) is 1. The van der Waals surface area contributed by atoms with Crippen LogP contribution in [-0.4, -0.2) is 46.3 Å². The maximum atomic E-state index is 11.9. The smallest absolute Gasteiger partial charge is 0.227 e. The van der Waals surface area contributed by atoms with Crippen molar-refractivity contribution in [2.24, 2.45) is 5.73 Å². The largest absolute Gasteiger partial charge is 0.388 e. The Morgan fingerprint density at radius 1 is 1.17 bits per heavy atom. The summed E-state index contributed by atoms with van der Waals surface area (Å²) in [5, 5.41) is 18.8. The van der Waals surface area contributed by atoms with Gasteiger partial charge in [-0.1, -0.05) is 24.3 Å². The summed E-state index contributed by atoms with van der Waals surface area (Å²) in [7, 11) is 0. The van der Waals surface area contributed by atoms with Crippen LogP contribution < -0.4 is 5.73 Å². The zero-order chi connectivity index (χ0) is 13.1. The van der Waals surface area contributed by atoms with E-state index in [-0.39, 0.29) is 25.4 Å². The second-order valence-electron chi connectivity index (χ2n) is 4.63. The van der Waals surface area contributed by atoms with Crippen molar-refractivity contribution < 1.29 is 15.0 Å². The standard InChI is InChI=1S/C13H18N2O3/c14-6-10-3-1-9(2-4-10)5-13(18)15-7-11(16)12(17)8-15/h1-4,11-12,16-17H,5-8,14H2/t11-,12+. The molecule has 2 atom stereocenters. The van der Waals surface area contributed by atoms with Gasteiger partial charge in [-0.15, -0.1) is 0 Å². The summed E-state index contributed by atoms with van der Waals surface area (Å²) in [6, 6.07) is 7.55. The molecule has 1 aromatic rings. The van der Waals surface area contributed by atoms with E-state index in [0.717, 1.165) is 11.1 Å². The number of carbonyl (C=O) groups excluding carboxylic acids is 1. The van der Waals surface area contributed by atoms with E-state index in [1.165, 1.54) is 4.90 Å². The summed E-state index contributed by atoms with van der Waals surface area (Å²) in [4.78, 5) is 13.4. The number of aliphatic hydroxyl groups is 2. The first-order chi connectivity index (χ1) is 8.60. The summed E-state index contributed by atoms with van der Waals surface area (Å²) in [6.45, 7) is 0.903. The molecule has 1 heterocycles. The molecule has 1 fully saturated rings. The molecule has 98 valence electrons. The Hall–Kier alpha value is -1.43. The van der Waals surface area contributed by atoms with Crippen LogP contribution in [0.3, 0.4) is 0 Å². The van der Waals surface area contributed by atoms with Gasteiger partial charge in [-0.25, -0.2) is 0 Å². The first-order valence-electron chi connectivity index (χ1n) is 6.02. The lowest BCUT2D eigenvalue weighted by Gasteiger charge is -2.15. The van der Waals surface area contributed by atoms with Crippen molar-refractivity contribution in [3.63, 3.8) is 0 Å². The summed E-state index contributed by atoms with van der Waals surface area (Å²) in [5.41, 5.74) is 7.44. The van der Waals surface area contributed by atoms with Crippen LogP contribution in [0.15, 0.2) is 24.3 Å². The molecule has 2 rings (SSSR count). The molecule has 0 bridgehead atoms. The molecule has 0 radical (unpaired) electrons. The van der Waals surface area contributed by atoms with Gasteiger partial charge in [0.15, 0.2) is 0 Å². The quantitative estimate of drug-likeness (QED) is 0.659. The van der Waals surface area contributed by atoms with Crippen molar-refractivity contribution in [2.45, 2.75) is 25.2 Å². The molecule has 5 nitrogen and oxygen atoms in total. The van der Waals surface area contributed by atoms with Crippen LogP contribution in [0.25, 0.3) is 0 Å². The first-order valence-corrected chi connectivity index (χ1v) is 6.02. The number of β-amino-alcohol motifs (C(OH)–C–C–N with tert-alkyl or cyclic N) is 2. The van der Waals surface area contributed by atoms with Gasteiger partial charge in [-0.3, -0.25) is 4.79 Å². The van der Waals surface area contributed by atoms with E-state index in [2.05, 4.69) is 0 Å². The van der Waals surface area contributed by atoms with Gasteiger partial charge in [-0.05, 0) is 11.1 Å². The number of rotatable bonds is 3. The van der Waals surface area contributed by atoms with Gasteiger partial charge < -0.3 is 20.8 Å². The molecule has 1 amide bonds. The van der Waals surface area contributed by atoms with Crippen LogP contribution in [0.4, 0.5) is 0 Å². The Morgan fingerprint density at radius 3 is 2.17 bits per heavy atom. The van der Waals surface area contributed by atoms with E-state index in [0.29, 0.717) is 6.54 Å². The third-order valence-electron chi connectivity index (χ3n) is 3.23. The minimum atomic E-state index is -0.825. The number of amides is 1. The normalized spacial score (nSPS) is 23.4. The van der Waals surface area contributed by atoms with E-state index in [1.54, 1.807) is 0 Å². The third kappa shape index (κ3) is 2.87. The lowest BCUT2D eigenvalue weighted by Crippen LogP contribution is -2.31. The van der Waals surface area contributed by atoms with E-state index in [4.69, 9.17) is 5.73 Å². The molecule has 0 saturated carbocycles. The highest BCUT2D eigenvalue weighted by Crippen LogP contribution is 2.13. The molecule has 18 heavy (non-hydrogen) atoms.